The summed E-state index contributed by atoms with van der Waals surface area (Å²) in [5.74, 6) is -0.397. The molecule has 1 aliphatic heterocycles. The molecule has 168 valence electrons. The number of H-pyrrole nitrogens is 1. The average Bonchev–Trinajstić information content (AvgIpc) is 3.22. The first-order valence-electron chi connectivity index (χ1n) is 11.1. The first-order valence-corrected chi connectivity index (χ1v) is 11.1. The van der Waals surface area contributed by atoms with Gasteiger partial charge in [0.05, 0.1) is 19.1 Å². The topological polar surface area (TPSA) is 86.5 Å². The quantitative estimate of drug-likeness (QED) is 0.534. The standard InChI is InChI=1S/C25H30N4O3/c1-18-7-8-21-20(16-27-23(21)15-18)9-10-26-25(31)28-17-22(19-5-3-2-4-6-19)24(30)29-11-13-32-14-12-29/h2-8,15-16,22,27H,9-14,17H2,1H3,(H2,26,28,31). The number of morpholine rings is 1. The Labute approximate surface area is 188 Å². The molecule has 0 spiro atoms. The van der Waals surface area contributed by atoms with Gasteiger partial charge in [0.1, 0.15) is 0 Å². The van der Waals surface area contributed by atoms with E-state index in [1.165, 1.54) is 16.5 Å². The number of aryl methyl sites for hydroxylation is 1. The highest BCUT2D eigenvalue weighted by Gasteiger charge is 2.27. The van der Waals surface area contributed by atoms with Crippen LogP contribution in [0, 0.1) is 6.92 Å². The molecule has 0 aliphatic carbocycles. The van der Waals surface area contributed by atoms with E-state index in [2.05, 4.69) is 40.7 Å². The van der Waals surface area contributed by atoms with Crippen LogP contribution in [0.3, 0.4) is 0 Å². The Morgan fingerprint density at radius 2 is 1.88 bits per heavy atom. The van der Waals surface area contributed by atoms with E-state index in [0.29, 0.717) is 32.8 Å². The van der Waals surface area contributed by atoms with Gasteiger partial charge in [-0.2, -0.15) is 0 Å². The van der Waals surface area contributed by atoms with Gasteiger partial charge in [0, 0.05) is 43.3 Å². The Balaban J connectivity index is 1.32. The van der Waals surface area contributed by atoms with Gasteiger partial charge in [-0.05, 0) is 36.1 Å². The van der Waals surface area contributed by atoms with Crippen molar-refractivity contribution in [3.05, 3.63) is 71.4 Å². The number of hydrogen-bond donors (Lipinski definition) is 3. The minimum Gasteiger partial charge on any atom is -0.378 e. The van der Waals surface area contributed by atoms with Crippen molar-refractivity contribution in [2.45, 2.75) is 19.3 Å². The third-order valence-electron chi connectivity index (χ3n) is 5.89. The number of aromatic amines is 1. The van der Waals surface area contributed by atoms with Crippen LogP contribution in [0.2, 0.25) is 0 Å². The number of benzene rings is 2. The molecule has 3 amide bonds. The lowest BCUT2D eigenvalue weighted by molar-refractivity contribution is -0.136. The van der Waals surface area contributed by atoms with Crippen molar-refractivity contribution >= 4 is 22.8 Å². The summed E-state index contributed by atoms with van der Waals surface area (Å²) in [6.07, 6.45) is 2.72. The van der Waals surface area contributed by atoms with Crippen molar-refractivity contribution in [2.75, 3.05) is 39.4 Å². The minimum absolute atomic E-state index is 0.0221. The zero-order valence-electron chi connectivity index (χ0n) is 18.4. The number of aromatic nitrogens is 1. The van der Waals surface area contributed by atoms with Crippen LogP contribution in [0.1, 0.15) is 22.6 Å². The second kappa shape index (κ2) is 10.3. The van der Waals surface area contributed by atoms with Gasteiger partial charge in [0.15, 0.2) is 0 Å². The molecule has 4 rings (SSSR count). The van der Waals surface area contributed by atoms with Gasteiger partial charge in [-0.3, -0.25) is 4.79 Å². The van der Waals surface area contributed by atoms with E-state index >= 15 is 0 Å². The molecule has 0 radical (unpaired) electrons. The van der Waals surface area contributed by atoms with Crippen LogP contribution in [0.4, 0.5) is 4.79 Å². The molecule has 0 bridgehead atoms. The fourth-order valence-electron chi connectivity index (χ4n) is 4.11. The summed E-state index contributed by atoms with van der Waals surface area (Å²) < 4.78 is 5.37. The fraction of sp³-hybridized carbons (Fsp3) is 0.360. The number of hydrogen-bond acceptors (Lipinski definition) is 3. The summed E-state index contributed by atoms with van der Waals surface area (Å²) in [5.41, 5.74) is 4.39. The van der Waals surface area contributed by atoms with Gasteiger partial charge in [-0.15, -0.1) is 0 Å². The SMILES string of the molecule is Cc1ccc2c(CCNC(=O)NCC(C(=O)N3CCOCC3)c3ccccc3)c[nH]c2c1. The second-order valence-corrected chi connectivity index (χ2v) is 8.15. The molecule has 3 N–H and O–H groups in total. The predicted molar refractivity (Wildman–Crippen MR) is 125 cm³/mol. The van der Waals surface area contributed by atoms with Crippen molar-refractivity contribution in [3.63, 3.8) is 0 Å². The van der Waals surface area contributed by atoms with Crippen LogP contribution >= 0.6 is 0 Å². The maximum absolute atomic E-state index is 13.1. The lowest BCUT2D eigenvalue weighted by atomic mass is 9.97. The van der Waals surface area contributed by atoms with E-state index in [0.717, 1.165) is 17.5 Å². The van der Waals surface area contributed by atoms with Gasteiger partial charge >= 0.3 is 6.03 Å². The summed E-state index contributed by atoms with van der Waals surface area (Å²) in [7, 11) is 0. The summed E-state index contributed by atoms with van der Waals surface area (Å²) in [4.78, 5) is 30.7. The molecule has 1 saturated heterocycles. The molecule has 0 saturated carbocycles. The highest BCUT2D eigenvalue weighted by molar-refractivity contribution is 5.85. The number of amides is 3. The first kappa shape index (κ1) is 21.9. The Bertz CT molecular complexity index is 1060. The third-order valence-corrected chi connectivity index (χ3v) is 5.89. The van der Waals surface area contributed by atoms with Crippen LogP contribution < -0.4 is 10.6 Å². The minimum atomic E-state index is -0.420. The van der Waals surface area contributed by atoms with Crippen LogP contribution in [-0.2, 0) is 16.0 Å². The lowest BCUT2D eigenvalue weighted by Gasteiger charge is -2.30. The van der Waals surface area contributed by atoms with Crippen LogP contribution in [0.25, 0.3) is 10.9 Å². The molecule has 1 fully saturated rings. The van der Waals surface area contributed by atoms with Crippen LogP contribution in [0.5, 0.6) is 0 Å². The predicted octanol–water partition coefficient (Wildman–Crippen LogP) is 2.96. The molecular formula is C25H30N4O3. The zero-order chi connectivity index (χ0) is 22.3. The molecular weight excluding hydrogens is 404 g/mol. The van der Waals surface area contributed by atoms with E-state index in [-0.39, 0.29) is 18.5 Å². The average molecular weight is 435 g/mol. The summed E-state index contributed by atoms with van der Waals surface area (Å²) in [5, 5.41) is 6.98. The third kappa shape index (κ3) is 5.29. The molecule has 7 nitrogen and oxygen atoms in total. The molecule has 2 heterocycles. The van der Waals surface area contributed by atoms with Gasteiger partial charge in [-0.25, -0.2) is 4.79 Å². The molecule has 1 aliphatic rings. The van der Waals surface area contributed by atoms with Gasteiger partial charge in [-0.1, -0.05) is 42.5 Å². The smallest absolute Gasteiger partial charge is 0.314 e. The number of fused-ring (bicyclic) bond motifs is 1. The molecule has 1 unspecified atom stereocenters. The summed E-state index contributed by atoms with van der Waals surface area (Å²) in [6, 6.07) is 15.7. The van der Waals surface area contributed by atoms with E-state index in [9.17, 15) is 9.59 Å². The maximum Gasteiger partial charge on any atom is 0.314 e. The van der Waals surface area contributed by atoms with Crippen molar-refractivity contribution < 1.29 is 14.3 Å². The number of carbonyl (C=O) groups is 2. The Morgan fingerprint density at radius 1 is 1.09 bits per heavy atom. The molecule has 7 heteroatoms. The monoisotopic (exact) mass is 434 g/mol. The highest BCUT2D eigenvalue weighted by Crippen LogP contribution is 2.20. The number of carbonyl (C=O) groups excluding carboxylic acids is 2. The maximum atomic E-state index is 13.1. The Hall–Kier alpha value is -3.32. The van der Waals surface area contributed by atoms with Crippen LogP contribution in [0.15, 0.2) is 54.7 Å². The zero-order valence-corrected chi connectivity index (χ0v) is 18.4. The molecule has 3 aromatic rings. The van der Waals surface area contributed by atoms with E-state index in [4.69, 9.17) is 4.74 Å². The molecule has 2 aromatic carbocycles. The van der Waals surface area contributed by atoms with Crippen molar-refractivity contribution in [3.8, 4) is 0 Å². The van der Waals surface area contributed by atoms with Gasteiger partial charge in [0.2, 0.25) is 5.91 Å². The first-order chi connectivity index (χ1) is 15.6. The highest BCUT2D eigenvalue weighted by atomic mass is 16.5. The Morgan fingerprint density at radius 3 is 2.66 bits per heavy atom. The lowest BCUT2D eigenvalue weighted by Crippen LogP contribution is -2.46. The number of nitrogens with one attached hydrogen (secondary N) is 3. The van der Waals surface area contributed by atoms with Gasteiger partial charge in [0.25, 0.3) is 0 Å². The number of urea groups is 1. The fourth-order valence-corrected chi connectivity index (χ4v) is 4.11. The number of ether oxygens (including phenoxy) is 1. The van der Waals surface area contributed by atoms with Crippen molar-refractivity contribution in [1.82, 2.24) is 20.5 Å². The Kier molecular flexibility index (Phi) is 7.07. The second-order valence-electron chi connectivity index (χ2n) is 8.15. The normalized spacial score (nSPS) is 14.8. The van der Waals surface area contributed by atoms with Crippen molar-refractivity contribution in [2.24, 2.45) is 0 Å². The van der Waals surface area contributed by atoms with Crippen molar-refractivity contribution in [1.29, 1.82) is 0 Å². The molecule has 1 atom stereocenters. The van der Waals surface area contributed by atoms with E-state index in [1.54, 1.807) is 0 Å². The van der Waals surface area contributed by atoms with Gasteiger partial charge < -0.3 is 25.3 Å². The summed E-state index contributed by atoms with van der Waals surface area (Å²) in [6.45, 7) is 5.09. The van der Waals surface area contributed by atoms with E-state index in [1.807, 2.05) is 41.4 Å². The molecule has 1 aromatic heterocycles. The largest absolute Gasteiger partial charge is 0.378 e. The molecule has 32 heavy (non-hydrogen) atoms. The van der Waals surface area contributed by atoms with E-state index < -0.39 is 5.92 Å². The summed E-state index contributed by atoms with van der Waals surface area (Å²) >= 11 is 0. The number of nitrogens with zero attached hydrogens (tertiary/aromatic N) is 1. The number of rotatable bonds is 7. The van der Waals surface area contributed by atoms with Crippen LogP contribution in [-0.4, -0.2) is 61.2 Å².